The molecular formula is C11H14N2. The van der Waals surface area contributed by atoms with Gasteiger partial charge in [-0.15, -0.1) is 0 Å². The first kappa shape index (κ1) is 9.63. The third kappa shape index (κ3) is 3.64. The van der Waals surface area contributed by atoms with Crippen molar-refractivity contribution in [2.45, 2.75) is 0 Å². The first-order chi connectivity index (χ1) is 6.18. The first-order valence-electron chi connectivity index (χ1n) is 4.17. The number of nitrogens with two attached hydrogens (primary N) is 1. The fourth-order valence-electron chi connectivity index (χ4n) is 0.916. The summed E-state index contributed by atoms with van der Waals surface area (Å²) in [5.41, 5.74) is 7.35. The lowest BCUT2D eigenvalue weighted by Gasteiger charge is -2.00. The van der Waals surface area contributed by atoms with E-state index < -0.39 is 0 Å². The first-order valence-corrected chi connectivity index (χ1v) is 4.17. The van der Waals surface area contributed by atoms with Crippen LogP contribution in [0, 0.1) is 11.8 Å². The molecule has 0 unspecified atom stereocenters. The molecule has 0 bridgehead atoms. The molecule has 2 N–H and O–H groups in total. The van der Waals surface area contributed by atoms with Gasteiger partial charge in [-0.2, -0.15) is 0 Å². The van der Waals surface area contributed by atoms with Gasteiger partial charge >= 0.3 is 0 Å². The number of hydrogen-bond acceptors (Lipinski definition) is 2. The molecule has 0 fully saturated rings. The Labute approximate surface area is 79.4 Å². The molecular weight excluding hydrogens is 160 g/mol. The van der Waals surface area contributed by atoms with E-state index in [1.54, 1.807) is 0 Å². The van der Waals surface area contributed by atoms with Crippen LogP contribution in [0.5, 0.6) is 0 Å². The van der Waals surface area contributed by atoms with E-state index in [9.17, 15) is 0 Å². The van der Waals surface area contributed by atoms with Crippen molar-refractivity contribution in [2.75, 3.05) is 26.4 Å². The molecule has 0 atom stereocenters. The molecule has 1 rings (SSSR count). The van der Waals surface area contributed by atoms with Crippen molar-refractivity contribution in [1.82, 2.24) is 4.90 Å². The summed E-state index contributed by atoms with van der Waals surface area (Å²) in [5, 5.41) is 0. The molecule has 0 radical (unpaired) electrons. The van der Waals surface area contributed by atoms with E-state index in [4.69, 9.17) is 5.73 Å². The second-order valence-corrected chi connectivity index (χ2v) is 3.17. The predicted octanol–water partition coefficient (Wildman–Crippen LogP) is 1.18. The van der Waals surface area contributed by atoms with Gasteiger partial charge in [-0.25, -0.2) is 0 Å². The van der Waals surface area contributed by atoms with Gasteiger partial charge in [0.25, 0.3) is 0 Å². The Morgan fingerprint density at radius 1 is 1.38 bits per heavy atom. The Morgan fingerprint density at radius 2 is 2.15 bits per heavy atom. The van der Waals surface area contributed by atoms with E-state index >= 15 is 0 Å². The SMILES string of the molecule is CN(C)CC#Cc1cccc(N)c1. The minimum atomic E-state index is 0.761. The number of rotatable bonds is 1. The molecule has 2 nitrogen and oxygen atoms in total. The van der Waals surface area contributed by atoms with Crippen molar-refractivity contribution in [3.63, 3.8) is 0 Å². The van der Waals surface area contributed by atoms with Crippen LogP contribution in [0.4, 0.5) is 5.69 Å². The smallest absolute Gasteiger partial charge is 0.0600 e. The Hall–Kier alpha value is -1.46. The van der Waals surface area contributed by atoms with Crippen LogP contribution in [0.15, 0.2) is 24.3 Å². The highest BCUT2D eigenvalue weighted by atomic mass is 15.0. The topological polar surface area (TPSA) is 29.3 Å². The van der Waals surface area contributed by atoms with Gasteiger partial charge in [-0.05, 0) is 32.3 Å². The Morgan fingerprint density at radius 3 is 2.77 bits per heavy atom. The van der Waals surface area contributed by atoms with Crippen LogP contribution in [0.3, 0.4) is 0 Å². The second-order valence-electron chi connectivity index (χ2n) is 3.17. The molecule has 0 aliphatic carbocycles. The molecule has 0 aliphatic heterocycles. The van der Waals surface area contributed by atoms with Gasteiger partial charge in [0.05, 0.1) is 6.54 Å². The van der Waals surface area contributed by atoms with E-state index in [2.05, 4.69) is 11.8 Å². The molecule has 2 heteroatoms. The Balaban J connectivity index is 2.66. The molecule has 1 aromatic carbocycles. The highest BCUT2D eigenvalue weighted by Crippen LogP contribution is 2.04. The van der Waals surface area contributed by atoms with E-state index in [1.807, 2.05) is 43.3 Å². The third-order valence-electron chi connectivity index (χ3n) is 1.51. The third-order valence-corrected chi connectivity index (χ3v) is 1.51. The zero-order valence-corrected chi connectivity index (χ0v) is 8.04. The molecule has 1 aromatic rings. The number of anilines is 1. The van der Waals surface area contributed by atoms with Crippen molar-refractivity contribution < 1.29 is 0 Å². The number of hydrogen-bond donors (Lipinski definition) is 1. The van der Waals surface area contributed by atoms with Gasteiger partial charge in [-0.3, -0.25) is 4.90 Å². The number of nitrogens with zero attached hydrogens (tertiary/aromatic N) is 1. The molecule has 13 heavy (non-hydrogen) atoms. The maximum atomic E-state index is 5.61. The highest BCUT2D eigenvalue weighted by Gasteiger charge is 1.87. The van der Waals surface area contributed by atoms with Gasteiger partial charge in [0.1, 0.15) is 0 Å². The number of benzene rings is 1. The average Bonchev–Trinajstić information content (AvgIpc) is 2.03. The predicted molar refractivity (Wildman–Crippen MR) is 56.3 cm³/mol. The summed E-state index contributed by atoms with van der Waals surface area (Å²) in [4.78, 5) is 2.03. The highest BCUT2D eigenvalue weighted by molar-refractivity contribution is 5.46. The zero-order chi connectivity index (χ0) is 9.68. The Bertz CT molecular complexity index is 331. The quantitative estimate of drug-likeness (QED) is 0.511. The van der Waals surface area contributed by atoms with Crippen molar-refractivity contribution in [1.29, 1.82) is 0 Å². The number of nitrogen functional groups attached to an aromatic ring is 1. The summed E-state index contributed by atoms with van der Waals surface area (Å²) in [7, 11) is 3.99. The van der Waals surface area contributed by atoms with Gasteiger partial charge in [-0.1, -0.05) is 17.9 Å². The van der Waals surface area contributed by atoms with E-state index in [0.717, 1.165) is 17.8 Å². The maximum Gasteiger partial charge on any atom is 0.0600 e. The van der Waals surface area contributed by atoms with E-state index in [0.29, 0.717) is 0 Å². The normalized spacial score (nSPS) is 9.46. The second kappa shape index (κ2) is 4.54. The zero-order valence-electron chi connectivity index (χ0n) is 8.04. The summed E-state index contributed by atoms with van der Waals surface area (Å²) in [6.07, 6.45) is 0. The molecule has 0 amide bonds. The maximum absolute atomic E-state index is 5.61. The standard InChI is InChI=1S/C11H14N2/c1-13(2)8-4-6-10-5-3-7-11(12)9-10/h3,5,7,9H,8,12H2,1-2H3. The van der Waals surface area contributed by atoms with E-state index in [-0.39, 0.29) is 0 Å². The van der Waals surface area contributed by atoms with Crippen LogP contribution in [-0.4, -0.2) is 25.5 Å². The lowest BCUT2D eigenvalue weighted by atomic mass is 10.2. The molecule has 0 saturated heterocycles. The average molecular weight is 174 g/mol. The lowest BCUT2D eigenvalue weighted by Crippen LogP contribution is -2.10. The summed E-state index contributed by atoms with van der Waals surface area (Å²) < 4.78 is 0. The van der Waals surface area contributed by atoms with Crippen molar-refractivity contribution in [3.05, 3.63) is 29.8 Å². The van der Waals surface area contributed by atoms with Crippen LogP contribution in [0.1, 0.15) is 5.56 Å². The molecule has 68 valence electrons. The fourth-order valence-corrected chi connectivity index (χ4v) is 0.916. The van der Waals surface area contributed by atoms with Gasteiger partial charge in [0, 0.05) is 11.3 Å². The lowest BCUT2D eigenvalue weighted by molar-refractivity contribution is 0.464. The summed E-state index contributed by atoms with van der Waals surface area (Å²) in [5.74, 6) is 6.09. The van der Waals surface area contributed by atoms with Gasteiger partial charge < -0.3 is 5.73 Å². The molecule has 0 aliphatic rings. The summed E-state index contributed by atoms with van der Waals surface area (Å²) in [6.45, 7) is 0.773. The van der Waals surface area contributed by atoms with Crippen LogP contribution in [-0.2, 0) is 0 Å². The summed E-state index contributed by atoms with van der Waals surface area (Å²) >= 11 is 0. The molecule has 0 heterocycles. The largest absolute Gasteiger partial charge is 0.399 e. The van der Waals surface area contributed by atoms with Crippen molar-refractivity contribution >= 4 is 5.69 Å². The van der Waals surface area contributed by atoms with Crippen LogP contribution in [0.2, 0.25) is 0 Å². The van der Waals surface area contributed by atoms with Gasteiger partial charge in [0.2, 0.25) is 0 Å². The van der Waals surface area contributed by atoms with Gasteiger partial charge in [0.15, 0.2) is 0 Å². The summed E-state index contributed by atoms with van der Waals surface area (Å²) in [6, 6.07) is 7.60. The van der Waals surface area contributed by atoms with Crippen molar-refractivity contribution in [2.24, 2.45) is 0 Å². The van der Waals surface area contributed by atoms with Crippen LogP contribution in [0.25, 0.3) is 0 Å². The monoisotopic (exact) mass is 174 g/mol. The van der Waals surface area contributed by atoms with Crippen molar-refractivity contribution in [3.8, 4) is 11.8 Å². The fraction of sp³-hybridized carbons (Fsp3) is 0.273. The molecule has 0 spiro atoms. The van der Waals surface area contributed by atoms with E-state index in [1.165, 1.54) is 0 Å². The molecule has 0 saturated carbocycles. The Kier molecular flexibility index (Phi) is 3.36. The minimum Gasteiger partial charge on any atom is -0.399 e. The molecule has 0 aromatic heterocycles. The van der Waals surface area contributed by atoms with Crippen LogP contribution < -0.4 is 5.73 Å². The minimum absolute atomic E-state index is 0.761. The van der Waals surface area contributed by atoms with Crippen LogP contribution >= 0.6 is 0 Å².